The number of hydrogen-bond donors (Lipinski definition) is 1. The Morgan fingerprint density at radius 2 is 2.05 bits per heavy atom. The lowest BCUT2D eigenvalue weighted by Gasteiger charge is -2.37. The number of hydrogen-bond acceptors (Lipinski definition) is 4. The second-order valence-corrected chi connectivity index (χ2v) is 5.24. The molecule has 1 aromatic rings. The minimum Gasteiger partial charge on any atom is -0.468 e. The number of ether oxygens (including phenoxy) is 2. The predicted octanol–water partition coefficient (Wildman–Crippen LogP) is 2.28. The lowest BCUT2D eigenvalue weighted by Crippen LogP contribution is -2.51. The number of rotatable bonds is 7. The van der Waals surface area contributed by atoms with Crippen molar-refractivity contribution in [3.63, 3.8) is 0 Å². The van der Waals surface area contributed by atoms with E-state index >= 15 is 0 Å². The van der Waals surface area contributed by atoms with Gasteiger partial charge in [-0.05, 0) is 24.8 Å². The maximum atomic E-state index is 11.5. The molecule has 110 valence electrons. The zero-order valence-corrected chi connectivity index (χ0v) is 12.2. The van der Waals surface area contributed by atoms with Crippen molar-refractivity contribution >= 4 is 5.97 Å². The highest BCUT2D eigenvalue weighted by Crippen LogP contribution is 2.25. The molecule has 1 atom stereocenters. The lowest BCUT2D eigenvalue weighted by atomic mass is 9.88. The van der Waals surface area contributed by atoms with E-state index in [0.717, 1.165) is 19.3 Å². The van der Waals surface area contributed by atoms with Gasteiger partial charge in [-0.25, -0.2) is 0 Å². The van der Waals surface area contributed by atoms with E-state index in [1.54, 1.807) is 0 Å². The summed E-state index contributed by atoms with van der Waals surface area (Å²) in [6, 6.07) is 10.3. The van der Waals surface area contributed by atoms with Crippen molar-refractivity contribution in [1.82, 2.24) is 5.32 Å². The van der Waals surface area contributed by atoms with Crippen LogP contribution in [0.15, 0.2) is 30.3 Å². The first-order chi connectivity index (χ1) is 9.72. The Balaban J connectivity index is 1.66. The standard InChI is InChI=1S/C16H23NO3/c1-3-15(16(18)19-2)17-13-9-14(10-13)20-11-12-7-5-4-6-8-12/h4-8,13-15,17H,3,9-11H2,1-2H3. The van der Waals surface area contributed by atoms with Crippen LogP contribution in [0.4, 0.5) is 0 Å². The Morgan fingerprint density at radius 3 is 2.65 bits per heavy atom. The van der Waals surface area contributed by atoms with E-state index in [2.05, 4.69) is 17.4 Å². The number of esters is 1. The molecule has 1 unspecified atom stereocenters. The van der Waals surface area contributed by atoms with Crippen LogP contribution in [0, 0.1) is 0 Å². The largest absolute Gasteiger partial charge is 0.468 e. The zero-order chi connectivity index (χ0) is 14.4. The summed E-state index contributed by atoms with van der Waals surface area (Å²) in [5.74, 6) is -0.179. The molecule has 0 saturated heterocycles. The topological polar surface area (TPSA) is 47.6 Å². The van der Waals surface area contributed by atoms with Gasteiger partial charge < -0.3 is 14.8 Å². The van der Waals surface area contributed by atoms with Crippen LogP contribution in [0.25, 0.3) is 0 Å². The maximum absolute atomic E-state index is 11.5. The van der Waals surface area contributed by atoms with Crippen molar-refractivity contribution < 1.29 is 14.3 Å². The fraction of sp³-hybridized carbons (Fsp3) is 0.562. The van der Waals surface area contributed by atoms with Gasteiger partial charge in [0.1, 0.15) is 6.04 Å². The first-order valence-corrected chi connectivity index (χ1v) is 7.22. The van der Waals surface area contributed by atoms with Gasteiger partial charge in [0.25, 0.3) is 0 Å². The average molecular weight is 277 g/mol. The molecule has 4 heteroatoms. The van der Waals surface area contributed by atoms with Gasteiger partial charge in [-0.2, -0.15) is 0 Å². The van der Waals surface area contributed by atoms with Gasteiger partial charge in [-0.3, -0.25) is 4.79 Å². The van der Waals surface area contributed by atoms with Crippen molar-refractivity contribution in [2.75, 3.05) is 7.11 Å². The van der Waals surface area contributed by atoms with Gasteiger partial charge in [-0.15, -0.1) is 0 Å². The number of carbonyl (C=O) groups excluding carboxylic acids is 1. The molecule has 1 aliphatic carbocycles. The molecule has 1 N–H and O–H groups in total. The van der Waals surface area contributed by atoms with Crippen LogP contribution in [0.3, 0.4) is 0 Å². The fourth-order valence-corrected chi connectivity index (χ4v) is 2.41. The molecule has 0 aliphatic heterocycles. The van der Waals surface area contributed by atoms with Gasteiger partial charge in [0, 0.05) is 6.04 Å². The molecule has 0 spiro atoms. The van der Waals surface area contributed by atoms with Gasteiger partial charge in [0.05, 0.1) is 19.8 Å². The van der Waals surface area contributed by atoms with Gasteiger partial charge in [-0.1, -0.05) is 37.3 Å². The van der Waals surface area contributed by atoms with Crippen molar-refractivity contribution in [1.29, 1.82) is 0 Å². The second-order valence-electron chi connectivity index (χ2n) is 5.24. The zero-order valence-electron chi connectivity index (χ0n) is 12.2. The van der Waals surface area contributed by atoms with Crippen LogP contribution in [0.5, 0.6) is 0 Å². The third-order valence-electron chi connectivity index (χ3n) is 3.75. The molecule has 0 bridgehead atoms. The SMILES string of the molecule is CCC(NC1CC(OCc2ccccc2)C1)C(=O)OC. The molecule has 20 heavy (non-hydrogen) atoms. The van der Waals surface area contributed by atoms with Crippen LogP contribution in [-0.4, -0.2) is 31.3 Å². The monoisotopic (exact) mass is 277 g/mol. The van der Waals surface area contributed by atoms with E-state index < -0.39 is 0 Å². The molecular formula is C16H23NO3. The molecule has 0 aromatic heterocycles. The Hall–Kier alpha value is -1.39. The summed E-state index contributed by atoms with van der Waals surface area (Å²) in [6.45, 7) is 2.64. The van der Waals surface area contributed by atoms with Crippen LogP contribution in [-0.2, 0) is 20.9 Å². The maximum Gasteiger partial charge on any atom is 0.322 e. The summed E-state index contributed by atoms with van der Waals surface area (Å²) >= 11 is 0. The van der Waals surface area contributed by atoms with E-state index in [1.807, 2.05) is 25.1 Å². The van der Waals surface area contributed by atoms with Crippen molar-refractivity contribution in [2.45, 2.75) is 51.0 Å². The molecule has 1 aliphatic rings. The van der Waals surface area contributed by atoms with Gasteiger partial charge in [0.15, 0.2) is 0 Å². The number of carbonyl (C=O) groups is 1. The van der Waals surface area contributed by atoms with E-state index in [1.165, 1.54) is 12.7 Å². The predicted molar refractivity (Wildman–Crippen MR) is 77.3 cm³/mol. The summed E-state index contributed by atoms with van der Waals surface area (Å²) in [6.07, 6.45) is 2.96. The molecule has 0 amide bonds. The Morgan fingerprint density at radius 1 is 1.35 bits per heavy atom. The molecule has 1 aromatic carbocycles. The summed E-state index contributed by atoms with van der Waals surface area (Å²) < 4.78 is 10.6. The quantitative estimate of drug-likeness (QED) is 0.777. The highest BCUT2D eigenvalue weighted by molar-refractivity contribution is 5.75. The average Bonchev–Trinajstić information content (AvgIpc) is 2.45. The Labute approximate surface area is 120 Å². The van der Waals surface area contributed by atoms with Crippen LogP contribution >= 0.6 is 0 Å². The third kappa shape index (κ3) is 4.05. The van der Waals surface area contributed by atoms with E-state index in [9.17, 15) is 4.79 Å². The van der Waals surface area contributed by atoms with Gasteiger partial charge >= 0.3 is 5.97 Å². The van der Waals surface area contributed by atoms with Crippen LogP contribution < -0.4 is 5.32 Å². The van der Waals surface area contributed by atoms with Crippen molar-refractivity contribution in [2.24, 2.45) is 0 Å². The summed E-state index contributed by atoms with van der Waals surface area (Å²) in [5, 5.41) is 3.33. The normalized spacial score (nSPS) is 22.9. The summed E-state index contributed by atoms with van der Waals surface area (Å²) in [4.78, 5) is 11.5. The summed E-state index contributed by atoms with van der Waals surface area (Å²) in [5.41, 5.74) is 1.20. The van der Waals surface area contributed by atoms with Crippen LogP contribution in [0.2, 0.25) is 0 Å². The summed E-state index contributed by atoms with van der Waals surface area (Å²) in [7, 11) is 1.43. The first kappa shape index (κ1) is 15.0. The molecule has 2 rings (SSSR count). The van der Waals surface area contributed by atoms with Crippen molar-refractivity contribution in [3.8, 4) is 0 Å². The van der Waals surface area contributed by atoms with E-state index in [-0.39, 0.29) is 12.0 Å². The minimum atomic E-state index is -0.194. The lowest BCUT2D eigenvalue weighted by molar-refractivity contribution is -0.144. The third-order valence-corrected chi connectivity index (χ3v) is 3.75. The fourth-order valence-electron chi connectivity index (χ4n) is 2.41. The number of benzene rings is 1. The van der Waals surface area contributed by atoms with Crippen molar-refractivity contribution in [3.05, 3.63) is 35.9 Å². The molecule has 1 saturated carbocycles. The first-order valence-electron chi connectivity index (χ1n) is 7.22. The van der Waals surface area contributed by atoms with E-state index in [4.69, 9.17) is 9.47 Å². The molecule has 1 fully saturated rings. The molecule has 4 nitrogen and oxygen atoms in total. The Bertz CT molecular complexity index is 415. The smallest absolute Gasteiger partial charge is 0.322 e. The molecule has 0 heterocycles. The molecular weight excluding hydrogens is 254 g/mol. The number of nitrogens with one attached hydrogen (secondary N) is 1. The van der Waals surface area contributed by atoms with Crippen LogP contribution in [0.1, 0.15) is 31.7 Å². The van der Waals surface area contributed by atoms with E-state index in [0.29, 0.717) is 18.8 Å². The van der Waals surface area contributed by atoms with Gasteiger partial charge in [0.2, 0.25) is 0 Å². The highest BCUT2D eigenvalue weighted by Gasteiger charge is 2.32. The second kappa shape index (κ2) is 7.41. The number of methoxy groups -OCH3 is 1. The minimum absolute atomic E-state index is 0.179. The Kier molecular flexibility index (Phi) is 5.56. The molecule has 0 radical (unpaired) electrons. The highest BCUT2D eigenvalue weighted by atomic mass is 16.5.